The van der Waals surface area contributed by atoms with Crippen LogP contribution in [0.5, 0.6) is 5.75 Å². The van der Waals surface area contributed by atoms with E-state index in [9.17, 15) is 4.79 Å². The third-order valence-corrected chi connectivity index (χ3v) is 2.77. The molecular weight excluding hydrogens is 220 g/mol. The Hall–Kier alpha value is -1.59. The summed E-state index contributed by atoms with van der Waals surface area (Å²) in [6.45, 7) is 3.63. The lowest BCUT2D eigenvalue weighted by Gasteiger charge is -2.15. The molecule has 1 aliphatic rings. The number of carbonyl (C=O) groups is 1. The Kier molecular flexibility index (Phi) is 3.31. The van der Waals surface area contributed by atoms with Crippen LogP contribution in [0.2, 0.25) is 0 Å². The Morgan fingerprint density at radius 1 is 1.59 bits per heavy atom. The van der Waals surface area contributed by atoms with Crippen molar-refractivity contribution in [1.29, 1.82) is 0 Å². The van der Waals surface area contributed by atoms with Gasteiger partial charge in [-0.25, -0.2) is 5.48 Å². The molecule has 1 aromatic rings. The van der Waals surface area contributed by atoms with Crippen LogP contribution in [0.3, 0.4) is 0 Å². The van der Waals surface area contributed by atoms with E-state index in [0.717, 1.165) is 18.7 Å². The van der Waals surface area contributed by atoms with Gasteiger partial charge in [-0.15, -0.1) is 0 Å². The van der Waals surface area contributed by atoms with Crippen LogP contribution in [0.1, 0.15) is 22.8 Å². The van der Waals surface area contributed by atoms with Gasteiger partial charge in [-0.3, -0.25) is 14.9 Å². The second kappa shape index (κ2) is 4.73. The predicted octanol–water partition coefficient (Wildman–Crippen LogP) is 1.02. The smallest absolute Gasteiger partial charge is 0.274 e. The Labute approximate surface area is 99.9 Å². The van der Waals surface area contributed by atoms with Gasteiger partial charge in [-0.1, -0.05) is 6.07 Å². The summed E-state index contributed by atoms with van der Waals surface area (Å²) >= 11 is 0. The summed E-state index contributed by atoms with van der Waals surface area (Å²) in [5, 5.41) is 8.59. The predicted molar refractivity (Wildman–Crippen MR) is 62.1 cm³/mol. The average Bonchev–Trinajstić information content (AvgIpc) is 2.43. The number of rotatable bonds is 1. The third kappa shape index (κ3) is 2.57. The van der Waals surface area contributed by atoms with Gasteiger partial charge >= 0.3 is 0 Å². The fraction of sp³-hybridized carbons (Fsp3) is 0.417. The minimum absolute atomic E-state index is 0.0775. The van der Waals surface area contributed by atoms with Gasteiger partial charge in [-0.05, 0) is 26.1 Å². The molecule has 2 rings (SSSR count). The minimum atomic E-state index is -0.526. The summed E-state index contributed by atoms with van der Waals surface area (Å²) in [4.78, 5) is 13.5. The molecule has 2 N–H and O–H groups in total. The lowest BCUT2D eigenvalue weighted by molar-refractivity contribution is 0.0705. The molecule has 1 aliphatic heterocycles. The molecule has 92 valence electrons. The van der Waals surface area contributed by atoms with E-state index in [1.54, 1.807) is 17.6 Å². The number of nitrogens with one attached hydrogen (secondary N) is 1. The monoisotopic (exact) mass is 236 g/mol. The van der Waals surface area contributed by atoms with Gasteiger partial charge in [0.25, 0.3) is 5.91 Å². The molecule has 0 saturated heterocycles. The van der Waals surface area contributed by atoms with E-state index in [-0.39, 0.29) is 6.10 Å². The highest BCUT2D eigenvalue weighted by molar-refractivity contribution is 5.93. The molecule has 1 aromatic carbocycles. The molecule has 5 nitrogen and oxygen atoms in total. The van der Waals surface area contributed by atoms with Crippen molar-refractivity contribution in [2.45, 2.75) is 19.6 Å². The minimum Gasteiger partial charge on any atom is -0.489 e. The number of hydrogen-bond acceptors (Lipinski definition) is 4. The zero-order valence-corrected chi connectivity index (χ0v) is 9.93. The molecule has 1 unspecified atom stereocenters. The molecule has 1 heterocycles. The number of nitrogens with zero attached hydrogens (tertiary/aromatic N) is 1. The van der Waals surface area contributed by atoms with Gasteiger partial charge in [0.2, 0.25) is 0 Å². The van der Waals surface area contributed by atoms with E-state index >= 15 is 0 Å². The highest BCUT2D eigenvalue weighted by Crippen LogP contribution is 2.25. The molecule has 17 heavy (non-hydrogen) atoms. The molecule has 1 atom stereocenters. The fourth-order valence-electron chi connectivity index (χ4n) is 2.05. The number of hydrogen-bond donors (Lipinski definition) is 2. The molecule has 0 aliphatic carbocycles. The molecule has 0 saturated carbocycles. The van der Waals surface area contributed by atoms with Crippen LogP contribution in [0.25, 0.3) is 0 Å². The first-order valence-corrected chi connectivity index (χ1v) is 5.52. The van der Waals surface area contributed by atoms with Crippen LogP contribution in [-0.4, -0.2) is 35.7 Å². The van der Waals surface area contributed by atoms with Crippen molar-refractivity contribution in [2.75, 3.05) is 13.6 Å². The van der Waals surface area contributed by atoms with Crippen molar-refractivity contribution in [3.8, 4) is 5.75 Å². The summed E-state index contributed by atoms with van der Waals surface area (Å²) in [7, 11) is 2.03. The quantitative estimate of drug-likeness (QED) is 0.564. The fourth-order valence-corrected chi connectivity index (χ4v) is 2.05. The maximum absolute atomic E-state index is 11.3. The van der Waals surface area contributed by atoms with Crippen molar-refractivity contribution in [3.63, 3.8) is 0 Å². The van der Waals surface area contributed by atoms with Crippen LogP contribution in [-0.2, 0) is 6.54 Å². The largest absolute Gasteiger partial charge is 0.489 e. The maximum Gasteiger partial charge on any atom is 0.274 e. The summed E-state index contributed by atoms with van der Waals surface area (Å²) in [6.07, 6.45) is 0.0775. The van der Waals surface area contributed by atoms with Crippen LogP contribution in [0.15, 0.2) is 18.2 Å². The van der Waals surface area contributed by atoms with Crippen molar-refractivity contribution in [3.05, 3.63) is 29.3 Å². The first-order valence-electron chi connectivity index (χ1n) is 5.52. The zero-order valence-electron chi connectivity index (χ0n) is 9.93. The standard InChI is InChI=1S/C12H16N2O3/c1-8-6-14(2)7-10-4-3-9(12(15)13-16)5-11(10)17-8/h3-5,8,16H,6-7H2,1-2H3,(H,13,15). The van der Waals surface area contributed by atoms with E-state index in [2.05, 4.69) is 4.90 Å². The van der Waals surface area contributed by atoms with Crippen molar-refractivity contribution >= 4 is 5.91 Å². The van der Waals surface area contributed by atoms with Gasteiger partial charge in [0.1, 0.15) is 11.9 Å². The van der Waals surface area contributed by atoms with Gasteiger partial charge in [0.15, 0.2) is 0 Å². The molecule has 0 radical (unpaired) electrons. The Balaban J connectivity index is 2.34. The second-order valence-corrected chi connectivity index (χ2v) is 4.39. The summed E-state index contributed by atoms with van der Waals surface area (Å²) in [5.74, 6) is 0.185. The van der Waals surface area contributed by atoms with Crippen molar-refractivity contribution in [1.82, 2.24) is 10.4 Å². The third-order valence-electron chi connectivity index (χ3n) is 2.77. The van der Waals surface area contributed by atoms with Gasteiger partial charge < -0.3 is 4.74 Å². The molecule has 5 heteroatoms. The molecule has 0 aromatic heterocycles. The van der Waals surface area contributed by atoms with Gasteiger partial charge in [0.05, 0.1) is 0 Å². The van der Waals surface area contributed by atoms with E-state index in [0.29, 0.717) is 11.3 Å². The number of likely N-dealkylation sites (N-methyl/N-ethyl adjacent to an activating group) is 1. The van der Waals surface area contributed by atoms with E-state index < -0.39 is 5.91 Å². The van der Waals surface area contributed by atoms with Crippen LogP contribution in [0, 0.1) is 0 Å². The van der Waals surface area contributed by atoms with E-state index in [4.69, 9.17) is 9.94 Å². The van der Waals surface area contributed by atoms with Crippen molar-refractivity contribution in [2.24, 2.45) is 0 Å². The van der Waals surface area contributed by atoms with Crippen LogP contribution >= 0.6 is 0 Å². The van der Waals surface area contributed by atoms with Crippen LogP contribution < -0.4 is 10.2 Å². The highest BCUT2D eigenvalue weighted by Gasteiger charge is 2.18. The van der Waals surface area contributed by atoms with Gasteiger partial charge in [0, 0.05) is 24.2 Å². The first-order chi connectivity index (χ1) is 8.10. The number of ether oxygens (including phenoxy) is 1. The average molecular weight is 236 g/mol. The number of benzene rings is 1. The topological polar surface area (TPSA) is 61.8 Å². The summed E-state index contributed by atoms with van der Waals surface area (Å²) in [6, 6.07) is 5.20. The lowest BCUT2D eigenvalue weighted by Crippen LogP contribution is -2.27. The van der Waals surface area contributed by atoms with E-state index in [1.165, 1.54) is 0 Å². The Morgan fingerprint density at radius 2 is 2.35 bits per heavy atom. The molecule has 1 amide bonds. The summed E-state index contributed by atoms with van der Waals surface area (Å²) in [5.41, 5.74) is 3.06. The number of hydroxylamine groups is 1. The SMILES string of the molecule is CC1CN(C)Cc2ccc(C(=O)NO)cc2O1. The zero-order chi connectivity index (χ0) is 12.4. The van der Waals surface area contributed by atoms with Crippen LogP contribution in [0.4, 0.5) is 0 Å². The number of fused-ring (bicyclic) bond motifs is 1. The Morgan fingerprint density at radius 3 is 3.06 bits per heavy atom. The summed E-state index contributed by atoms with van der Waals surface area (Å²) < 4.78 is 5.76. The molecular formula is C12H16N2O3. The number of carbonyl (C=O) groups excluding carboxylic acids is 1. The first kappa shape index (κ1) is 11.9. The Bertz CT molecular complexity index is 434. The highest BCUT2D eigenvalue weighted by atomic mass is 16.5. The molecule has 0 fully saturated rings. The van der Waals surface area contributed by atoms with E-state index in [1.807, 2.05) is 20.0 Å². The molecule has 0 bridgehead atoms. The molecule has 0 spiro atoms. The normalized spacial score (nSPS) is 20.1. The van der Waals surface area contributed by atoms with Crippen molar-refractivity contribution < 1.29 is 14.7 Å². The number of amides is 1. The lowest BCUT2D eigenvalue weighted by atomic mass is 10.1. The second-order valence-electron chi connectivity index (χ2n) is 4.39. The maximum atomic E-state index is 11.3. The van der Waals surface area contributed by atoms with Gasteiger partial charge in [-0.2, -0.15) is 0 Å².